The van der Waals surface area contributed by atoms with Crippen molar-refractivity contribution < 1.29 is 14.6 Å². The van der Waals surface area contributed by atoms with Gasteiger partial charge in [0.2, 0.25) is 0 Å². The summed E-state index contributed by atoms with van der Waals surface area (Å²) in [4.78, 5) is 14.2. The van der Waals surface area contributed by atoms with E-state index in [1.807, 2.05) is 7.05 Å². The highest BCUT2D eigenvalue weighted by atomic mass is 16.5. The molecular formula is C15H22N2O3. The number of likely N-dealkylation sites (tertiary alicyclic amines) is 1. The fourth-order valence-corrected chi connectivity index (χ4v) is 2.55. The van der Waals surface area contributed by atoms with Gasteiger partial charge in [-0.1, -0.05) is 0 Å². The maximum absolute atomic E-state index is 12.4. The summed E-state index contributed by atoms with van der Waals surface area (Å²) in [5.41, 5.74) is -0.0318. The van der Waals surface area contributed by atoms with Gasteiger partial charge in [-0.15, -0.1) is 0 Å². The molecule has 0 saturated carbocycles. The van der Waals surface area contributed by atoms with Crippen molar-refractivity contribution >= 4 is 5.91 Å². The summed E-state index contributed by atoms with van der Waals surface area (Å²) in [5, 5.41) is 13.3. The van der Waals surface area contributed by atoms with Crippen molar-refractivity contribution in [3.8, 4) is 5.75 Å². The molecule has 20 heavy (non-hydrogen) atoms. The number of nitrogens with one attached hydrogen (secondary N) is 1. The summed E-state index contributed by atoms with van der Waals surface area (Å²) in [6.07, 6.45) is 1.21. The third-order valence-electron chi connectivity index (χ3n) is 3.82. The number of benzene rings is 1. The largest absolute Gasteiger partial charge is 0.497 e. The molecule has 1 aromatic carbocycles. The van der Waals surface area contributed by atoms with E-state index in [0.29, 0.717) is 38.0 Å². The van der Waals surface area contributed by atoms with Gasteiger partial charge in [0, 0.05) is 25.2 Å². The molecule has 1 aromatic rings. The number of piperidine rings is 1. The van der Waals surface area contributed by atoms with Gasteiger partial charge in [-0.05, 0) is 44.2 Å². The van der Waals surface area contributed by atoms with E-state index >= 15 is 0 Å². The van der Waals surface area contributed by atoms with Crippen LogP contribution in [0.25, 0.3) is 0 Å². The van der Waals surface area contributed by atoms with Gasteiger partial charge in [-0.3, -0.25) is 4.79 Å². The van der Waals surface area contributed by atoms with Crippen LogP contribution < -0.4 is 10.1 Å². The van der Waals surface area contributed by atoms with Crippen molar-refractivity contribution in [1.82, 2.24) is 10.2 Å². The molecule has 5 nitrogen and oxygen atoms in total. The SMILES string of the molecule is CNCC1(O)CCN(C(=O)c2ccc(OC)cc2)CC1. The molecule has 0 aliphatic carbocycles. The second-order valence-corrected chi connectivity index (χ2v) is 5.28. The molecule has 0 spiro atoms. The van der Waals surface area contributed by atoms with Crippen LogP contribution in [0.4, 0.5) is 0 Å². The summed E-state index contributed by atoms with van der Waals surface area (Å²) >= 11 is 0. The first kappa shape index (κ1) is 14.8. The smallest absolute Gasteiger partial charge is 0.253 e. The Morgan fingerprint density at radius 1 is 1.35 bits per heavy atom. The normalized spacial score (nSPS) is 17.9. The maximum Gasteiger partial charge on any atom is 0.253 e. The lowest BCUT2D eigenvalue weighted by atomic mass is 9.91. The molecule has 5 heteroatoms. The van der Waals surface area contributed by atoms with Crippen LogP contribution in [0.5, 0.6) is 5.75 Å². The summed E-state index contributed by atoms with van der Waals surface area (Å²) in [6.45, 7) is 1.74. The van der Waals surface area contributed by atoms with Crippen molar-refractivity contribution in [2.45, 2.75) is 18.4 Å². The molecule has 0 bridgehead atoms. The highest BCUT2D eigenvalue weighted by Gasteiger charge is 2.33. The van der Waals surface area contributed by atoms with Gasteiger partial charge in [0.05, 0.1) is 12.7 Å². The van der Waals surface area contributed by atoms with Crippen molar-refractivity contribution in [3.05, 3.63) is 29.8 Å². The molecule has 0 atom stereocenters. The van der Waals surface area contributed by atoms with E-state index in [2.05, 4.69) is 5.32 Å². The molecule has 0 radical (unpaired) electrons. The summed E-state index contributed by atoms with van der Waals surface area (Å²) in [5.74, 6) is 0.753. The van der Waals surface area contributed by atoms with Gasteiger partial charge < -0.3 is 20.1 Å². The van der Waals surface area contributed by atoms with Gasteiger partial charge in [-0.2, -0.15) is 0 Å². The number of carbonyl (C=O) groups is 1. The topological polar surface area (TPSA) is 61.8 Å². The number of hydrogen-bond acceptors (Lipinski definition) is 4. The standard InChI is InChI=1S/C15H22N2O3/c1-16-11-15(19)7-9-17(10-8-15)14(18)12-3-5-13(20-2)6-4-12/h3-6,16,19H,7-11H2,1-2H3. The highest BCUT2D eigenvalue weighted by molar-refractivity contribution is 5.94. The van der Waals surface area contributed by atoms with Crippen LogP contribution in [0.2, 0.25) is 0 Å². The van der Waals surface area contributed by atoms with Crippen molar-refractivity contribution in [2.24, 2.45) is 0 Å². The van der Waals surface area contributed by atoms with E-state index in [4.69, 9.17) is 4.74 Å². The molecule has 1 saturated heterocycles. The van der Waals surface area contributed by atoms with E-state index < -0.39 is 5.60 Å². The zero-order valence-corrected chi connectivity index (χ0v) is 12.1. The lowest BCUT2D eigenvalue weighted by Crippen LogP contribution is -2.50. The molecule has 2 N–H and O–H groups in total. The summed E-state index contributed by atoms with van der Waals surface area (Å²) in [6, 6.07) is 7.12. The lowest BCUT2D eigenvalue weighted by Gasteiger charge is -2.38. The van der Waals surface area contributed by atoms with Gasteiger partial charge in [-0.25, -0.2) is 0 Å². The Labute approximate surface area is 119 Å². The van der Waals surface area contributed by atoms with Crippen LogP contribution in [-0.4, -0.2) is 55.3 Å². The van der Waals surface area contributed by atoms with E-state index in [-0.39, 0.29) is 5.91 Å². The number of nitrogens with zero attached hydrogens (tertiary/aromatic N) is 1. The van der Waals surface area contributed by atoms with Crippen LogP contribution in [0.15, 0.2) is 24.3 Å². The Kier molecular flexibility index (Phi) is 4.62. The second-order valence-electron chi connectivity index (χ2n) is 5.28. The van der Waals surface area contributed by atoms with Crippen molar-refractivity contribution in [1.29, 1.82) is 0 Å². The molecule has 110 valence electrons. The average molecular weight is 278 g/mol. The first-order valence-corrected chi connectivity index (χ1v) is 6.88. The number of hydrogen-bond donors (Lipinski definition) is 2. The Morgan fingerprint density at radius 3 is 2.45 bits per heavy atom. The van der Waals surface area contributed by atoms with Gasteiger partial charge in [0.1, 0.15) is 5.75 Å². The van der Waals surface area contributed by atoms with Crippen LogP contribution in [0.1, 0.15) is 23.2 Å². The number of aliphatic hydroxyl groups is 1. The van der Waals surface area contributed by atoms with E-state index in [0.717, 1.165) is 5.75 Å². The fourth-order valence-electron chi connectivity index (χ4n) is 2.55. The zero-order chi connectivity index (χ0) is 14.6. The van der Waals surface area contributed by atoms with E-state index in [9.17, 15) is 9.90 Å². The Morgan fingerprint density at radius 2 is 1.95 bits per heavy atom. The summed E-state index contributed by atoms with van der Waals surface area (Å²) in [7, 11) is 3.43. The molecular weight excluding hydrogens is 256 g/mol. The monoisotopic (exact) mass is 278 g/mol. The number of methoxy groups -OCH3 is 1. The third kappa shape index (κ3) is 3.29. The maximum atomic E-state index is 12.4. The minimum Gasteiger partial charge on any atom is -0.497 e. The Bertz CT molecular complexity index is 451. The van der Waals surface area contributed by atoms with Crippen LogP contribution in [0, 0.1) is 0 Å². The molecule has 1 amide bonds. The number of rotatable bonds is 4. The number of amides is 1. The first-order valence-electron chi connectivity index (χ1n) is 6.88. The lowest BCUT2D eigenvalue weighted by molar-refractivity contribution is -0.0143. The molecule has 1 aliphatic heterocycles. The van der Waals surface area contributed by atoms with Gasteiger partial charge in [0.25, 0.3) is 5.91 Å². The molecule has 1 heterocycles. The quantitative estimate of drug-likeness (QED) is 0.858. The average Bonchev–Trinajstić information content (AvgIpc) is 2.47. The minimum atomic E-state index is -0.689. The van der Waals surface area contributed by atoms with Crippen LogP contribution in [-0.2, 0) is 0 Å². The van der Waals surface area contributed by atoms with E-state index in [1.54, 1.807) is 36.3 Å². The minimum absolute atomic E-state index is 0.0131. The molecule has 0 aromatic heterocycles. The Balaban J connectivity index is 1.97. The number of carbonyl (C=O) groups excluding carboxylic acids is 1. The predicted molar refractivity (Wildman–Crippen MR) is 77.0 cm³/mol. The molecule has 1 fully saturated rings. The third-order valence-corrected chi connectivity index (χ3v) is 3.82. The Hall–Kier alpha value is -1.59. The van der Waals surface area contributed by atoms with E-state index in [1.165, 1.54) is 0 Å². The zero-order valence-electron chi connectivity index (χ0n) is 12.1. The second kappa shape index (κ2) is 6.24. The first-order chi connectivity index (χ1) is 9.58. The van der Waals surface area contributed by atoms with Crippen molar-refractivity contribution in [3.63, 3.8) is 0 Å². The highest BCUT2D eigenvalue weighted by Crippen LogP contribution is 2.23. The van der Waals surface area contributed by atoms with Crippen LogP contribution in [0.3, 0.4) is 0 Å². The van der Waals surface area contributed by atoms with Gasteiger partial charge in [0.15, 0.2) is 0 Å². The van der Waals surface area contributed by atoms with Crippen LogP contribution >= 0.6 is 0 Å². The molecule has 1 aliphatic rings. The molecule has 0 unspecified atom stereocenters. The van der Waals surface area contributed by atoms with Crippen molar-refractivity contribution in [2.75, 3.05) is 33.8 Å². The van der Waals surface area contributed by atoms with Gasteiger partial charge >= 0.3 is 0 Å². The molecule has 2 rings (SSSR count). The number of ether oxygens (including phenoxy) is 1. The number of likely N-dealkylation sites (N-methyl/N-ethyl adjacent to an activating group) is 1. The predicted octanol–water partition coefficient (Wildman–Crippen LogP) is 0.882. The fraction of sp³-hybridized carbons (Fsp3) is 0.533. The summed E-state index contributed by atoms with van der Waals surface area (Å²) < 4.78 is 5.08.